The quantitative estimate of drug-likeness (QED) is 0.205. The van der Waals surface area contributed by atoms with Crippen LogP contribution < -0.4 is 5.32 Å². The van der Waals surface area contributed by atoms with Crippen molar-refractivity contribution >= 4 is 34.7 Å². The lowest BCUT2D eigenvalue weighted by molar-refractivity contribution is -0.384. The molecule has 0 unspecified atom stereocenters. The van der Waals surface area contributed by atoms with Gasteiger partial charge in [-0.2, -0.15) is 5.10 Å². The van der Waals surface area contributed by atoms with Crippen LogP contribution in [0.15, 0.2) is 65.7 Å². The Bertz CT molecular complexity index is 1290. The van der Waals surface area contributed by atoms with Gasteiger partial charge in [0.15, 0.2) is 5.65 Å². The van der Waals surface area contributed by atoms with Gasteiger partial charge in [0.2, 0.25) is 5.91 Å². The number of nitrogens with one attached hydrogen (secondary N) is 1. The Morgan fingerprint density at radius 3 is 2.65 bits per heavy atom. The number of amides is 1. The third-order valence-electron chi connectivity index (χ3n) is 4.61. The highest BCUT2D eigenvalue weighted by molar-refractivity contribution is 7.99. The van der Waals surface area contributed by atoms with Crippen molar-refractivity contribution in [2.24, 2.45) is 0 Å². The molecule has 0 aliphatic heterocycles. The zero-order chi connectivity index (χ0) is 22.0. The number of hydrogen-bond donors (Lipinski definition) is 1. The number of rotatable bonds is 6. The van der Waals surface area contributed by atoms with Gasteiger partial charge in [-0.3, -0.25) is 14.9 Å². The SMILES string of the molecule is Cc1cc(SCC(=O)Nc2cccc([N+](=O)[O-])c2)n2nc(C)c(-c3ccccc3)c2n1. The molecule has 0 spiro atoms. The summed E-state index contributed by atoms with van der Waals surface area (Å²) in [7, 11) is 0. The summed E-state index contributed by atoms with van der Waals surface area (Å²) in [4.78, 5) is 27.5. The summed E-state index contributed by atoms with van der Waals surface area (Å²) in [5, 5.41) is 19.1. The van der Waals surface area contributed by atoms with Crippen LogP contribution in [0.25, 0.3) is 16.8 Å². The van der Waals surface area contributed by atoms with Crippen LogP contribution >= 0.6 is 11.8 Å². The molecule has 1 N–H and O–H groups in total. The van der Waals surface area contributed by atoms with Gasteiger partial charge in [-0.15, -0.1) is 0 Å². The second kappa shape index (κ2) is 8.57. The van der Waals surface area contributed by atoms with E-state index < -0.39 is 4.92 Å². The molecule has 2 aromatic carbocycles. The van der Waals surface area contributed by atoms with Gasteiger partial charge in [-0.1, -0.05) is 48.2 Å². The molecule has 0 atom stereocenters. The van der Waals surface area contributed by atoms with Crippen molar-refractivity contribution in [2.75, 3.05) is 11.1 Å². The Morgan fingerprint density at radius 1 is 1.13 bits per heavy atom. The molecular formula is C22H19N5O3S. The molecule has 9 heteroatoms. The minimum absolute atomic E-state index is 0.0719. The number of hydrogen-bond acceptors (Lipinski definition) is 6. The van der Waals surface area contributed by atoms with Gasteiger partial charge in [0.25, 0.3) is 5.69 Å². The van der Waals surface area contributed by atoms with E-state index in [9.17, 15) is 14.9 Å². The summed E-state index contributed by atoms with van der Waals surface area (Å²) in [5.74, 6) is -0.138. The first-order valence-corrected chi connectivity index (χ1v) is 10.5. The fourth-order valence-corrected chi connectivity index (χ4v) is 4.15. The van der Waals surface area contributed by atoms with E-state index in [4.69, 9.17) is 0 Å². The number of anilines is 1. The number of carbonyl (C=O) groups is 1. The monoisotopic (exact) mass is 433 g/mol. The van der Waals surface area contributed by atoms with Crippen molar-refractivity contribution in [1.29, 1.82) is 0 Å². The standard InChI is InChI=1S/C22H19N5O3S/c1-14-11-20(31-13-19(28)24-17-9-6-10-18(12-17)27(29)30)26-22(23-14)21(15(2)25-26)16-7-4-3-5-8-16/h3-12H,13H2,1-2H3,(H,24,28). The maximum Gasteiger partial charge on any atom is 0.271 e. The van der Waals surface area contributed by atoms with E-state index in [1.165, 1.54) is 30.0 Å². The minimum Gasteiger partial charge on any atom is -0.325 e. The maximum absolute atomic E-state index is 12.4. The molecule has 2 aromatic heterocycles. The Hall–Kier alpha value is -3.72. The van der Waals surface area contributed by atoms with Gasteiger partial charge in [-0.05, 0) is 31.5 Å². The predicted molar refractivity (Wildman–Crippen MR) is 120 cm³/mol. The van der Waals surface area contributed by atoms with Crippen molar-refractivity contribution in [3.63, 3.8) is 0 Å². The number of thioether (sulfide) groups is 1. The summed E-state index contributed by atoms with van der Waals surface area (Å²) >= 11 is 1.33. The smallest absolute Gasteiger partial charge is 0.271 e. The molecule has 0 bridgehead atoms. The third kappa shape index (κ3) is 4.41. The number of fused-ring (bicyclic) bond motifs is 1. The first-order valence-electron chi connectivity index (χ1n) is 9.52. The van der Waals surface area contributed by atoms with E-state index in [0.717, 1.165) is 33.2 Å². The number of nitro groups is 1. The topological polar surface area (TPSA) is 102 Å². The molecule has 8 nitrogen and oxygen atoms in total. The molecule has 0 fully saturated rings. The van der Waals surface area contributed by atoms with Gasteiger partial charge in [0.1, 0.15) is 5.03 Å². The van der Waals surface area contributed by atoms with Crippen LogP contribution in [0.2, 0.25) is 0 Å². The number of aromatic nitrogens is 3. The summed E-state index contributed by atoms with van der Waals surface area (Å²) in [6.07, 6.45) is 0. The third-order valence-corrected chi connectivity index (χ3v) is 5.61. The second-order valence-corrected chi connectivity index (χ2v) is 7.94. The van der Waals surface area contributed by atoms with Gasteiger partial charge >= 0.3 is 0 Å². The normalized spacial score (nSPS) is 10.9. The van der Waals surface area contributed by atoms with Crippen LogP contribution in [0.3, 0.4) is 0 Å². The van der Waals surface area contributed by atoms with E-state index in [2.05, 4.69) is 15.4 Å². The summed E-state index contributed by atoms with van der Waals surface area (Å²) in [5.41, 5.74) is 4.73. The highest BCUT2D eigenvalue weighted by Crippen LogP contribution is 2.30. The fourth-order valence-electron chi connectivity index (χ4n) is 3.29. The van der Waals surface area contributed by atoms with Crippen LogP contribution in [0.4, 0.5) is 11.4 Å². The van der Waals surface area contributed by atoms with Gasteiger partial charge < -0.3 is 5.32 Å². The molecule has 1 amide bonds. The molecule has 0 radical (unpaired) electrons. The molecule has 0 aliphatic rings. The molecule has 0 saturated carbocycles. The minimum atomic E-state index is -0.495. The van der Waals surface area contributed by atoms with Crippen molar-refractivity contribution < 1.29 is 9.72 Å². The molecule has 0 saturated heterocycles. The fraction of sp³-hybridized carbons (Fsp3) is 0.136. The van der Waals surface area contributed by atoms with Gasteiger partial charge in [-0.25, -0.2) is 9.50 Å². The zero-order valence-electron chi connectivity index (χ0n) is 16.9. The lowest BCUT2D eigenvalue weighted by atomic mass is 10.1. The van der Waals surface area contributed by atoms with E-state index in [1.807, 2.05) is 50.2 Å². The van der Waals surface area contributed by atoms with Crippen LogP contribution in [0.1, 0.15) is 11.4 Å². The van der Waals surface area contributed by atoms with Crippen LogP contribution in [0.5, 0.6) is 0 Å². The molecule has 4 rings (SSSR count). The second-order valence-electron chi connectivity index (χ2n) is 6.94. The molecule has 31 heavy (non-hydrogen) atoms. The number of carbonyl (C=O) groups excluding carboxylic acids is 1. The Labute approximate surface area is 182 Å². The van der Waals surface area contributed by atoms with E-state index in [0.29, 0.717) is 5.69 Å². The predicted octanol–water partition coefficient (Wildman–Crippen LogP) is 4.65. The Kier molecular flexibility index (Phi) is 5.68. The molecule has 0 aliphatic carbocycles. The average Bonchev–Trinajstić information content (AvgIpc) is 3.08. The van der Waals surface area contributed by atoms with Crippen LogP contribution in [-0.2, 0) is 4.79 Å². The van der Waals surface area contributed by atoms with Crippen molar-refractivity contribution in [3.8, 4) is 11.1 Å². The number of non-ortho nitro benzene ring substituents is 1. The van der Waals surface area contributed by atoms with E-state index in [1.54, 1.807) is 10.6 Å². The van der Waals surface area contributed by atoms with Gasteiger partial charge in [0.05, 0.1) is 16.4 Å². The zero-order valence-corrected chi connectivity index (χ0v) is 17.7. The molecule has 156 valence electrons. The summed E-state index contributed by atoms with van der Waals surface area (Å²) in [6.45, 7) is 3.85. The molecule has 4 aromatic rings. The number of benzene rings is 2. The molecular weight excluding hydrogens is 414 g/mol. The Morgan fingerprint density at radius 2 is 1.90 bits per heavy atom. The number of aryl methyl sites for hydroxylation is 2. The van der Waals surface area contributed by atoms with Crippen molar-refractivity contribution in [1.82, 2.24) is 14.6 Å². The Balaban J connectivity index is 1.57. The highest BCUT2D eigenvalue weighted by Gasteiger charge is 2.17. The maximum atomic E-state index is 12.4. The summed E-state index contributed by atoms with van der Waals surface area (Å²) < 4.78 is 1.76. The van der Waals surface area contributed by atoms with Crippen LogP contribution in [0, 0.1) is 24.0 Å². The highest BCUT2D eigenvalue weighted by atomic mass is 32.2. The number of nitro benzene ring substituents is 1. The largest absolute Gasteiger partial charge is 0.325 e. The number of nitrogens with zero attached hydrogens (tertiary/aromatic N) is 4. The van der Waals surface area contributed by atoms with Crippen molar-refractivity contribution in [2.45, 2.75) is 18.9 Å². The van der Waals surface area contributed by atoms with E-state index >= 15 is 0 Å². The van der Waals surface area contributed by atoms with Crippen molar-refractivity contribution in [3.05, 3.63) is 82.2 Å². The van der Waals surface area contributed by atoms with Gasteiger partial charge in [0, 0.05) is 29.1 Å². The summed E-state index contributed by atoms with van der Waals surface area (Å²) in [6, 6.07) is 17.7. The van der Waals surface area contributed by atoms with E-state index in [-0.39, 0.29) is 17.3 Å². The first-order chi connectivity index (χ1) is 14.9. The first kappa shape index (κ1) is 20.5. The average molecular weight is 433 g/mol. The lowest BCUT2D eigenvalue weighted by Crippen LogP contribution is -2.14. The molecule has 2 heterocycles. The lowest BCUT2D eigenvalue weighted by Gasteiger charge is -2.08. The van der Waals surface area contributed by atoms with Crippen LogP contribution in [-0.4, -0.2) is 31.2 Å².